The molecule has 0 saturated heterocycles. The van der Waals surface area contributed by atoms with Crippen molar-refractivity contribution in [1.82, 2.24) is 0 Å². The van der Waals surface area contributed by atoms with Gasteiger partial charge in [0, 0.05) is 23.6 Å². The molecule has 122 valence electrons. The lowest BCUT2D eigenvalue weighted by Crippen LogP contribution is -2.06. The van der Waals surface area contributed by atoms with Gasteiger partial charge in [-0.1, -0.05) is 6.92 Å². The molecule has 0 aliphatic carbocycles. The van der Waals surface area contributed by atoms with E-state index in [9.17, 15) is 9.59 Å². The molecule has 3 aromatic rings. The van der Waals surface area contributed by atoms with Crippen molar-refractivity contribution in [1.29, 1.82) is 0 Å². The molecule has 5 nitrogen and oxygen atoms in total. The van der Waals surface area contributed by atoms with Gasteiger partial charge >= 0.3 is 11.6 Å². The van der Waals surface area contributed by atoms with Crippen molar-refractivity contribution in [3.05, 3.63) is 70.0 Å². The van der Waals surface area contributed by atoms with Crippen LogP contribution in [0.5, 0.6) is 5.75 Å². The fourth-order valence-corrected chi connectivity index (χ4v) is 2.44. The number of ether oxygens (including phenoxy) is 1. The lowest BCUT2D eigenvalue weighted by atomic mass is 10.1. The van der Waals surface area contributed by atoms with Crippen LogP contribution in [0.25, 0.3) is 17.0 Å². The molecule has 0 atom stereocenters. The Bertz CT molecular complexity index is 961. The zero-order valence-electron chi connectivity index (χ0n) is 13.4. The third kappa shape index (κ3) is 3.30. The predicted molar refractivity (Wildman–Crippen MR) is 90.0 cm³/mol. The van der Waals surface area contributed by atoms with Gasteiger partial charge in [0.05, 0.1) is 6.26 Å². The first kappa shape index (κ1) is 15.8. The minimum Gasteiger partial charge on any atom is -0.465 e. The van der Waals surface area contributed by atoms with Gasteiger partial charge in [0.1, 0.15) is 17.1 Å². The molecule has 0 saturated carbocycles. The van der Waals surface area contributed by atoms with E-state index in [0.717, 1.165) is 16.5 Å². The van der Waals surface area contributed by atoms with Gasteiger partial charge in [-0.05, 0) is 48.7 Å². The second-order valence-electron chi connectivity index (χ2n) is 5.33. The first-order valence-corrected chi connectivity index (χ1v) is 7.57. The van der Waals surface area contributed by atoms with Gasteiger partial charge in [-0.25, -0.2) is 9.59 Å². The number of carbonyl (C=O) groups is 1. The number of carbonyl (C=O) groups excluding carboxylic acids is 1. The Labute approximate surface area is 138 Å². The van der Waals surface area contributed by atoms with E-state index in [4.69, 9.17) is 13.6 Å². The molecule has 0 radical (unpaired) electrons. The van der Waals surface area contributed by atoms with Crippen LogP contribution in [0.15, 0.2) is 56.3 Å². The third-order valence-corrected chi connectivity index (χ3v) is 3.65. The summed E-state index contributed by atoms with van der Waals surface area (Å²) in [7, 11) is 0. The molecule has 5 heteroatoms. The van der Waals surface area contributed by atoms with Crippen LogP contribution in [-0.4, -0.2) is 5.97 Å². The van der Waals surface area contributed by atoms with Crippen molar-refractivity contribution in [3.63, 3.8) is 0 Å². The van der Waals surface area contributed by atoms with Crippen molar-refractivity contribution in [3.8, 4) is 5.75 Å². The summed E-state index contributed by atoms with van der Waals surface area (Å²) in [6.45, 7) is 3.81. The average Bonchev–Trinajstić information content (AvgIpc) is 3.05. The van der Waals surface area contributed by atoms with E-state index in [-0.39, 0.29) is 0 Å². The van der Waals surface area contributed by atoms with Crippen molar-refractivity contribution < 1.29 is 18.4 Å². The maximum Gasteiger partial charge on any atom is 0.336 e. The van der Waals surface area contributed by atoms with E-state index in [1.54, 1.807) is 18.2 Å². The maximum atomic E-state index is 12.0. The minimum atomic E-state index is -0.532. The summed E-state index contributed by atoms with van der Waals surface area (Å²) >= 11 is 0. The fourth-order valence-electron chi connectivity index (χ4n) is 2.44. The first-order valence-electron chi connectivity index (χ1n) is 7.57. The van der Waals surface area contributed by atoms with Gasteiger partial charge in [0.15, 0.2) is 0 Å². The summed E-state index contributed by atoms with van der Waals surface area (Å²) in [5.74, 6) is 0.408. The Morgan fingerprint density at radius 2 is 2.12 bits per heavy atom. The number of hydrogen-bond donors (Lipinski definition) is 0. The molecule has 2 heterocycles. The molecular weight excluding hydrogens is 308 g/mol. The fraction of sp³-hybridized carbons (Fsp3) is 0.158. The zero-order chi connectivity index (χ0) is 17.1. The van der Waals surface area contributed by atoms with Crippen LogP contribution < -0.4 is 10.4 Å². The highest BCUT2D eigenvalue weighted by atomic mass is 16.5. The number of fused-ring (bicyclic) bond motifs is 1. The van der Waals surface area contributed by atoms with E-state index in [1.165, 1.54) is 24.5 Å². The van der Waals surface area contributed by atoms with Crippen molar-refractivity contribution in [2.75, 3.05) is 0 Å². The summed E-state index contributed by atoms with van der Waals surface area (Å²) in [5.41, 5.74) is 1.65. The van der Waals surface area contributed by atoms with Crippen molar-refractivity contribution in [2.24, 2.45) is 0 Å². The number of hydrogen-bond acceptors (Lipinski definition) is 5. The second-order valence-corrected chi connectivity index (χ2v) is 5.33. The molecule has 0 aliphatic rings. The molecule has 2 aromatic heterocycles. The Morgan fingerprint density at radius 1 is 1.29 bits per heavy atom. The van der Waals surface area contributed by atoms with Crippen LogP contribution in [0.3, 0.4) is 0 Å². The highest BCUT2D eigenvalue weighted by Gasteiger charge is 2.11. The van der Waals surface area contributed by atoms with E-state index >= 15 is 0 Å². The Morgan fingerprint density at radius 3 is 2.83 bits per heavy atom. The van der Waals surface area contributed by atoms with E-state index in [1.807, 2.05) is 19.9 Å². The molecule has 0 bridgehead atoms. The van der Waals surface area contributed by atoms with Crippen LogP contribution in [-0.2, 0) is 11.2 Å². The van der Waals surface area contributed by atoms with Crippen LogP contribution in [0.4, 0.5) is 0 Å². The highest BCUT2D eigenvalue weighted by Crippen LogP contribution is 2.28. The Kier molecular flexibility index (Phi) is 4.33. The summed E-state index contributed by atoms with van der Waals surface area (Å²) < 4.78 is 15.7. The van der Waals surface area contributed by atoms with Gasteiger partial charge in [-0.15, -0.1) is 0 Å². The Hall–Kier alpha value is -3.08. The quantitative estimate of drug-likeness (QED) is 0.315. The van der Waals surface area contributed by atoms with Gasteiger partial charge in [-0.2, -0.15) is 0 Å². The monoisotopic (exact) mass is 324 g/mol. The summed E-state index contributed by atoms with van der Waals surface area (Å²) in [5, 5.41) is 0.831. The van der Waals surface area contributed by atoms with Crippen LogP contribution in [0.2, 0.25) is 0 Å². The van der Waals surface area contributed by atoms with Gasteiger partial charge < -0.3 is 13.6 Å². The molecule has 0 fully saturated rings. The lowest BCUT2D eigenvalue weighted by Gasteiger charge is -2.10. The number of benzene rings is 1. The zero-order valence-corrected chi connectivity index (χ0v) is 13.4. The molecule has 24 heavy (non-hydrogen) atoms. The normalized spacial score (nSPS) is 11.2. The summed E-state index contributed by atoms with van der Waals surface area (Å²) in [6.07, 6.45) is 5.01. The molecule has 0 spiro atoms. The van der Waals surface area contributed by atoms with Crippen molar-refractivity contribution in [2.45, 2.75) is 20.3 Å². The van der Waals surface area contributed by atoms with Crippen LogP contribution >= 0.6 is 0 Å². The average molecular weight is 324 g/mol. The predicted octanol–water partition coefficient (Wildman–Crippen LogP) is 3.88. The van der Waals surface area contributed by atoms with Gasteiger partial charge in [-0.3, -0.25) is 0 Å². The maximum absolute atomic E-state index is 12.0. The second kappa shape index (κ2) is 6.58. The number of esters is 1. The number of aryl methyl sites for hydroxylation is 2. The summed E-state index contributed by atoms with van der Waals surface area (Å²) in [6, 6.07) is 8.37. The molecule has 0 aliphatic heterocycles. The molecule has 0 amide bonds. The first-order chi connectivity index (χ1) is 11.6. The SMILES string of the molecule is CCc1cc2c(C)cc(=O)oc2cc1OC(=O)/C=C/c1ccco1. The van der Waals surface area contributed by atoms with E-state index in [0.29, 0.717) is 23.5 Å². The smallest absolute Gasteiger partial charge is 0.336 e. The third-order valence-electron chi connectivity index (χ3n) is 3.65. The van der Waals surface area contributed by atoms with Gasteiger partial charge in [0.2, 0.25) is 0 Å². The number of rotatable bonds is 4. The largest absolute Gasteiger partial charge is 0.465 e. The molecule has 1 aromatic carbocycles. The topological polar surface area (TPSA) is 69.7 Å². The van der Waals surface area contributed by atoms with Crippen LogP contribution in [0.1, 0.15) is 23.8 Å². The molecule has 0 unspecified atom stereocenters. The highest BCUT2D eigenvalue weighted by molar-refractivity contribution is 5.90. The minimum absolute atomic E-state index is 0.382. The van der Waals surface area contributed by atoms with Gasteiger partial charge in [0.25, 0.3) is 0 Å². The number of furan rings is 1. The van der Waals surface area contributed by atoms with Crippen molar-refractivity contribution >= 4 is 23.0 Å². The van der Waals surface area contributed by atoms with E-state index < -0.39 is 11.6 Å². The van der Waals surface area contributed by atoms with E-state index in [2.05, 4.69) is 0 Å². The van der Waals surface area contributed by atoms with Crippen LogP contribution in [0, 0.1) is 6.92 Å². The molecular formula is C19H16O5. The lowest BCUT2D eigenvalue weighted by molar-refractivity contribution is -0.128. The summed E-state index contributed by atoms with van der Waals surface area (Å²) in [4.78, 5) is 23.5. The standard InChI is InChI=1S/C19H16O5/c1-3-13-10-15-12(2)9-19(21)24-17(15)11-16(13)23-18(20)7-6-14-5-4-8-22-14/h4-11H,3H2,1-2H3/b7-6+. The molecule has 3 rings (SSSR count). The Balaban J connectivity index is 1.93. The molecule has 0 N–H and O–H groups in total.